The van der Waals surface area contributed by atoms with Crippen molar-refractivity contribution in [3.05, 3.63) is 11.4 Å². The third-order valence-corrected chi connectivity index (χ3v) is 5.24. The predicted molar refractivity (Wildman–Crippen MR) is 91.2 cm³/mol. The second-order valence-corrected chi connectivity index (χ2v) is 6.83. The zero-order valence-electron chi connectivity index (χ0n) is 12.9. The Bertz CT molecular complexity index is 587. The quantitative estimate of drug-likeness (QED) is 0.853. The lowest BCUT2D eigenvalue weighted by molar-refractivity contribution is 0.318. The van der Waals surface area contributed by atoms with E-state index in [1.165, 1.54) is 38.5 Å². The summed E-state index contributed by atoms with van der Waals surface area (Å²) >= 11 is 1.67. The summed E-state index contributed by atoms with van der Waals surface area (Å²) in [6.07, 6.45) is 7.92. The SMILES string of the molecule is CCCC1CCC(Nc2nc(NC)nc3sccc23)CC1. The van der Waals surface area contributed by atoms with Gasteiger partial charge in [-0.3, -0.25) is 0 Å². The number of hydrogen-bond acceptors (Lipinski definition) is 5. The molecule has 2 N–H and O–H groups in total. The van der Waals surface area contributed by atoms with E-state index in [0.717, 1.165) is 22.0 Å². The van der Waals surface area contributed by atoms with Crippen molar-refractivity contribution in [3.63, 3.8) is 0 Å². The van der Waals surface area contributed by atoms with Crippen LogP contribution in [-0.4, -0.2) is 23.1 Å². The van der Waals surface area contributed by atoms with Crippen molar-refractivity contribution in [1.82, 2.24) is 9.97 Å². The molecule has 1 aliphatic rings. The maximum atomic E-state index is 4.61. The van der Waals surface area contributed by atoms with Crippen LogP contribution in [0.15, 0.2) is 11.4 Å². The average Bonchev–Trinajstić information content (AvgIpc) is 2.98. The van der Waals surface area contributed by atoms with E-state index in [1.54, 1.807) is 11.3 Å². The van der Waals surface area contributed by atoms with E-state index in [1.807, 2.05) is 7.05 Å². The van der Waals surface area contributed by atoms with Crippen LogP contribution < -0.4 is 10.6 Å². The molecule has 3 rings (SSSR count). The molecule has 0 unspecified atom stereocenters. The lowest BCUT2D eigenvalue weighted by atomic mass is 9.83. The molecule has 1 fully saturated rings. The van der Waals surface area contributed by atoms with E-state index < -0.39 is 0 Å². The van der Waals surface area contributed by atoms with Gasteiger partial charge in [-0.05, 0) is 43.0 Å². The van der Waals surface area contributed by atoms with Gasteiger partial charge in [0.05, 0.1) is 5.39 Å². The summed E-state index contributed by atoms with van der Waals surface area (Å²) in [7, 11) is 1.87. The molecule has 0 spiro atoms. The number of rotatable bonds is 5. The van der Waals surface area contributed by atoms with Crippen molar-refractivity contribution in [3.8, 4) is 0 Å². The normalized spacial score (nSPS) is 22.4. The zero-order valence-corrected chi connectivity index (χ0v) is 13.7. The van der Waals surface area contributed by atoms with Crippen molar-refractivity contribution in [2.24, 2.45) is 5.92 Å². The van der Waals surface area contributed by atoms with Crippen molar-refractivity contribution >= 4 is 33.3 Å². The summed E-state index contributed by atoms with van der Waals surface area (Å²) in [4.78, 5) is 10.2. The van der Waals surface area contributed by atoms with Crippen molar-refractivity contribution < 1.29 is 0 Å². The van der Waals surface area contributed by atoms with Crippen molar-refractivity contribution in [1.29, 1.82) is 0 Å². The molecule has 1 saturated carbocycles. The predicted octanol–water partition coefficient (Wildman–Crippen LogP) is 4.50. The fourth-order valence-corrected chi connectivity index (χ4v) is 4.04. The van der Waals surface area contributed by atoms with Crippen molar-refractivity contribution in [2.75, 3.05) is 17.7 Å². The topological polar surface area (TPSA) is 49.8 Å². The number of nitrogens with one attached hydrogen (secondary N) is 2. The fourth-order valence-electron chi connectivity index (χ4n) is 3.27. The first-order valence-electron chi connectivity index (χ1n) is 7.99. The van der Waals surface area contributed by atoms with Gasteiger partial charge in [0, 0.05) is 13.1 Å². The molecule has 4 nitrogen and oxygen atoms in total. The highest BCUT2D eigenvalue weighted by Crippen LogP contribution is 2.32. The molecule has 0 aromatic carbocycles. The maximum Gasteiger partial charge on any atom is 0.225 e. The number of fused-ring (bicyclic) bond motifs is 1. The summed E-state index contributed by atoms with van der Waals surface area (Å²) in [6.45, 7) is 2.29. The number of hydrogen-bond donors (Lipinski definition) is 2. The van der Waals surface area contributed by atoms with Gasteiger partial charge in [0.1, 0.15) is 10.6 Å². The Labute approximate surface area is 130 Å². The highest BCUT2D eigenvalue weighted by Gasteiger charge is 2.21. The van der Waals surface area contributed by atoms with Crippen LogP contribution in [0.1, 0.15) is 45.4 Å². The van der Waals surface area contributed by atoms with Gasteiger partial charge >= 0.3 is 0 Å². The van der Waals surface area contributed by atoms with E-state index in [2.05, 4.69) is 39.0 Å². The van der Waals surface area contributed by atoms with Gasteiger partial charge < -0.3 is 10.6 Å². The molecule has 2 aromatic heterocycles. The van der Waals surface area contributed by atoms with Crippen LogP contribution in [0.25, 0.3) is 10.2 Å². The zero-order chi connectivity index (χ0) is 14.7. The summed E-state index contributed by atoms with van der Waals surface area (Å²) in [5.74, 6) is 2.63. The first-order chi connectivity index (χ1) is 10.3. The van der Waals surface area contributed by atoms with Crippen molar-refractivity contribution in [2.45, 2.75) is 51.5 Å². The number of aromatic nitrogens is 2. The molecule has 2 heterocycles. The molecule has 0 amide bonds. The monoisotopic (exact) mass is 304 g/mol. The van der Waals surface area contributed by atoms with Crippen LogP contribution in [0, 0.1) is 5.92 Å². The van der Waals surface area contributed by atoms with Gasteiger partial charge in [-0.2, -0.15) is 4.98 Å². The summed E-state index contributed by atoms with van der Waals surface area (Å²) in [5, 5.41) is 9.95. The smallest absolute Gasteiger partial charge is 0.225 e. The molecule has 0 aliphatic heterocycles. The van der Waals surface area contributed by atoms with E-state index >= 15 is 0 Å². The van der Waals surface area contributed by atoms with E-state index in [-0.39, 0.29) is 0 Å². The lowest BCUT2D eigenvalue weighted by Gasteiger charge is -2.29. The highest BCUT2D eigenvalue weighted by atomic mass is 32.1. The molecular formula is C16H24N4S. The van der Waals surface area contributed by atoms with E-state index in [4.69, 9.17) is 0 Å². The van der Waals surface area contributed by atoms with Crippen LogP contribution in [0.4, 0.5) is 11.8 Å². The molecule has 1 aliphatic carbocycles. The third kappa shape index (κ3) is 3.28. The van der Waals surface area contributed by atoms with Gasteiger partial charge in [0.25, 0.3) is 0 Å². The molecule has 5 heteroatoms. The Morgan fingerprint density at radius 1 is 1.24 bits per heavy atom. The number of thiophene rings is 1. The van der Waals surface area contributed by atoms with Crippen LogP contribution >= 0.6 is 11.3 Å². The van der Waals surface area contributed by atoms with E-state index in [9.17, 15) is 0 Å². The van der Waals surface area contributed by atoms with Gasteiger partial charge in [-0.1, -0.05) is 19.8 Å². The van der Waals surface area contributed by atoms with Crippen LogP contribution in [0.2, 0.25) is 0 Å². The third-order valence-electron chi connectivity index (χ3n) is 4.43. The average molecular weight is 304 g/mol. The minimum atomic E-state index is 0.556. The summed E-state index contributed by atoms with van der Waals surface area (Å²) in [6, 6.07) is 2.67. The molecule has 0 saturated heterocycles. The Morgan fingerprint density at radius 2 is 2.05 bits per heavy atom. The Kier molecular flexibility index (Phi) is 4.58. The van der Waals surface area contributed by atoms with Crippen LogP contribution in [0.5, 0.6) is 0 Å². The number of anilines is 2. The Hall–Kier alpha value is -1.36. The number of nitrogens with zero attached hydrogens (tertiary/aromatic N) is 2. The molecule has 0 radical (unpaired) electrons. The molecule has 114 valence electrons. The van der Waals surface area contributed by atoms with E-state index in [0.29, 0.717) is 12.0 Å². The van der Waals surface area contributed by atoms with Gasteiger partial charge in [-0.25, -0.2) is 4.98 Å². The van der Waals surface area contributed by atoms with Gasteiger partial charge in [0.2, 0.25) is 5.95 Å². The van der Waals surface area contributed by atoms with Crippen LogP contribution in [0.3, 0.4) is 0 Å². The first kappa shape index (κ1) is 14.6. The second kappa shape index (κ2) is 6.60. The minimum Gasteiger partial charge on any atom is -0.367 e. The summed E-state index contributed by atoms with van der Waals surface area (Å²) < 4.78 is 0. The second-order valence-electron chi connectivity index (χ2n) is 5.94. The highest BCUT2D eigenvalue weighted by molar-refractivity contribution is 7.16. The van der Waals surface area contributed by atoms with Gasteiger partial charge in [-0.15, -0.1) is 11.3 Å². The minimum absolute atomic E-state index is 0.556. The maximum absolute atomic E-state index is 4.61. The molecule has 2 aromatic rings. The standard InChI is InChI=1S/C16H24N4S/c1-3-4-11-5-7-12(8-6-11)18-14-13-9-10-21-15(13)20-16(17-2)19-14/h9-12H,3-8H2,1-2H3,(H2,17,18,19,20). The Morgan fingerprint density at radius 3 is 2.76 bits per heavy atom. The molecule has 0 atom stereocenters. The Balaban J connectivity index is 1.72. The first-order valence-corrected chi connectivity index (χ1v) is 8.87. The van der Waals surface area contributed by atoms with Crippen LogP contribution in [-0.2, 0) is 0 Å². The van der Waals surface area contributed by atoms with Gasteiger partial charge in [0.15, 0.2) is 0 Å². The molecule has 0 bridgehead atoms. The molecular weight excluding hydrogens is 280 g/mol. The summed E-state index contributed by atoms with van der Waals surface area (Å²) in [5.41, 5.74) is 0. The fraction of sp³-hybridized carbons (Fsp3) is 0.625. The molecule has 21 heavy (non-hydrogen) atoms. The lowest BCUT2D eigenvalue weighted by Crippen LogP contribution is -2.26. The largest absolute Gasteiger partial charge is 0.367 e.